The molecule has 0 atom stereocenters. The van der Waals surface area contributed by atoms with E-state index in [0.29, 0.717) is 0 Å². The lowest BCUT2D eigenvalue weighted by atomic mass is 10.4. The summed E-state index contributed by atoms with van der Waals surface area (Å²) >= 11 is 5.37. The largest absolute Gasteiger partial charge is 0.354 e. The van der Waals surface area contributed by atoms with Crippen LogP contribution in [0.3, 0.4) is 0 Å². The summed E-state index contributed by atoms with van der Waals surface area (Å²) in [5, 5.41) is 2.41. The highest BCUT2D eigenvalue weighted by Gasteiger charge is 2.18. The number of alkyl halides is 1. The smallest absolute Gasteiger partial charge is 0.235 e. The number of sulfone groups is 1. The minimum Gasteiger partial charge on any atom is -0.354 e. The van der Waals surface area contributed by atoms with E-state index in [0.717, 1.165) is 0 Å². The highest BCUT2D eigenvalue weighted by molar-refractivity contribution is 7.92. The van der Waals surface area contributed by atoms with Crippen molar-refractivity contribution in [3.8, 4) is 0 Å². The Hall–Kier alpha value is -1.07. The van der Waals surface area contributed by atoms with Crippen molar-refractivity contribution in [2.75, 3.05) is 18.2 Å². The molecule has 0 heterocycles. The second-order valence-corrected chi connectivity index (χ2v) is 5.48. The molecule has 1 amide bonds. The van der Waals surface area contributed by atoms with Crippen molar-refractivity contribution in [1.29, 1.82) is 0 Å². The van der Waals surface area contributed by atoms with Gasteiger partial charge in [-0.2, -0.15) is 0 Å². The van der Waals surface area contributed by atoms with E-state index in [1.807, 2.05) is 0 Å². The Bertz CT molecular complexity index is 444. The van der Waals surface area contributed by atoms with Gasteiger partial charge in [-0.25, -0.2) is 8.42 Å². The van der Waals surface area contributed by atoms with E-state index in [4.69, 9.17) is 11.6 Å². The second-order valence-electron chi connectivity index (χ2n) is 3.11. The fourth-order valence-electron chi connectivity index (χ4n) is 1.12. The van der Waals surface area contributed by atoms with Gasteiger partial charge in [-0.15, -0.1) is 11.6 Å². The molecular weight excluding hydrogens is 250 g/mol. The van der Waals surface area contributed by atoms with E-state index >= 15 is 0 Å². The van der Waals surface area contributed by atoms with E-state index in [9.17, 15) is 13.2 Å². The average molecular weight is 262 g/mol. The normalized spacial score (nSPS) is 11.1. The quantitative estimate of drug-likeness (QED) is 0.798. The van der Waals surface area contributed by atoms with E-state index in [2.05, 4.69) is 5.32 Å². The predicted molar refractivity (Wildman–Crippen MR) is 62.2 cm³/mol. The lowest BCUT2D eigenvalue weighted by Gasteiger charge is -2.04. The van der Waals surface area contributed by atoms with Crippen molar-refractivity contribution in [2.24, 2.45) is 0 Å². The van der Waals surface area contributed by atoms with Gasteiger partial charge in [0, 0.05) is 12.4 Å². The number of hydrogen-bond donors (Lipinski definition) is 1. The molecule has 1 aromatic rings. The van der Waals surface area contributed by atoms with Gasteiger partial charge in [0.2, 0.25) is 5.91 Å². The molecule has 0 fully saturated rings. The zero-order valence-electron chi connectivity index (χ0n) is 8.52. The van der Waals surface area contributed by atoms with Crippen LogP contribution in [-0.2, 0) is 14.6 Å². The number of halogens is 1. The molecule has 1 rings (SSSR count). The number of carbonyl (C=O) groups excluding carboxylic acids is 1. The standard InChI is InChI=1S/C10H12ClNO3S/c11-6-7-12-10(13)8-16(14,15)9-4-2-1-3-5-9/h1-5H,6-8H2,(H,12,13). The first-order valence-electron chi connectivity index (χ1n) is 4.67. The van der Waals surface area contributed by atoms with Crippen LogP contribution in [0.25, 0.3) is 0 Å². The fourth-order valence-corrected chi connectivity index (χ4v) is 2.40. The van der Waals surface area contributed by atoms with Crippen molar-refractivity contribution in [3.05, 3.63) is 30.3 Å². The molecule has 4 nitrogen and oxygen atoms in total. The van der Waals surface area contributed by atoms with Crippen LogP contribution in [0.1, 0.15) is 0 Å². The molecule has 0 spiro atoms. The summed E-state index contributed by atoms with van der Waals surface area (Å²) in [7, 11) is -3.55. The molecule has 0 saturated carbocycles. The molecule has 1 N–H and O–H groups in total. The molecule has 0 unspecified atom stereocenters. The van der Waals surface area contributed by atoms with Crippen molar-refractivity contribution < 1.29 is 13.2 Å². The number of benzene rings is 1. The predicted octanol–water partition coefficient (Wildman–Crippen LogP) is 0.815. The molecule has 0 aliphatic heterocycles. The Labute approximate surface area is 99.5 Å². The molecule has 0 radical (unpaired) electrons. The first kappa shape index (κ1) is 13.0. The van der Waals surface area contributed by atoms with E-state index < -0.39 is 21.5 Å². The van der Waals surface area contributed by atoms with Crippen LogP contribution >= 0.6 is 11.6 Å². The van der Waals surface area contributed by atoms with Crippen LogP contribution in [0.2, 0.25) is 0 Å². The summed E-state index contributed by atoms with van der Waals surface area (Å²) in [6.45, 7) is 0.269. The molecule has 0 aliphatic rings. The highest BCUT2D eigenvalue weighted by atomic mass is 35.5. The zero-order valence-corrected chi connectivity index (χ0v) is 10.1. The molecule has 16 heavy (non-hydrogen) atoms. The Morgan fingerprint density at radius 2 is 1.88 bits per heavy atom. The lowest BCUT2D eigenvalue weighted by molar-refractivity contribution is -0.118. The van der Waals surface area contributed by atoms with Crippen LogP contribution < -0.4 is 5.32 Å². The Morgan fingerprint density at radius 1 is 1.25 bits per heavy atom. The summed E-state index contributed by atoms with van der Waals surface area (Å²) in [6.07, 6.45) is 0. The molecule has 6 heteroatoms. The highest BCUT2D eigenvalue weighted by Crippen LogP contribution is 2.09. The number of hydrogen-bond acceptors (Lipinski definition) is 3. The first-order chi connectivity index (χ1) is 7.56. The maximum absolute atomic E-state index is 11.7. The molecule has 88 valence electrons. The minimum absolute atomic E-state index is 0.149. The van der Waals surface area contributed by atoms with Gasteiger partial charge in [0.1, 0.15) is 5.75 Å². The van der Waals surface area contributed by atoms with Crippen molar-refractivity contribution in [1.82, 2.24) is 5.32 Å². The third kappa shape index (κ3) is 3.83. The summed E-state index contributed by atoms with van der Waals surface area (Å²) in [5.74, 6) is -0.824. The zero-order chi connectivity index (χ0) is 12.0. The number of carbonyl (C=O) groups is 1. The van der Waals surface area contributed by atoms with Crippen molar-refractivity contribution in [3.63, 3.8) is 0 Å². The van der Waals surface area contributed by atoms with Crippen LogP contribution in [0.5, 0.6) is 0 Å². The van der Waals surface area contributed by atoms with Crippen molar-refractivity contribution in [2.45, 2.75) is 4.90 Å². The number of rotatable bonds is 5. The fraction of sp³-hybridized carbons (Fsp3) is 0.300. The molecule has 0 aromatic heterocycles. The van der Waals surface area contributed by atoms with Crippen LogP contribution in [0, 0.1) is 0 Å². The average Bonchev–Trinajstić information content (AvgIpc) is 2.27. The Kier molecular flexibility index (Phi) is 4.76. The minimum atomic E-state index is -3.55. The Morgan fingerprint density at radius 3 is 2.44 bits per heavy atom. The van der Waals surface area contributed by atoms with Crippen molar-refractivity contribution >= 4 is 27.3 Å². The number of nitrogens with one attached hydrogen (secondary N) is 1. The monoisotopic (exact) mass is 261 g/mol. The first-order valence-corrected chi connectivity index (χ1v) is 6.85. The topological polar surface area (TPSA) is 63.2 Å². The van der Waals surface area contributed by atoms with Gasteiger partial charge in [-0.1, -0.05) is 18.2 Å². The van der Waals surface area contributed by atoms with E-state index in [1.54, 1.807) is 18.2 Å². The maximum atomic E-state index is 11.7. The van der Waals surface area contributed by atoms with Crippen LogP contribution in [-0.4, -0.2) is 32.5 Å². The third-order valence-corrected chi connectivity index (χ3v) is 3.66. The van der Waals surface area contributed by atoms with E-state index in [-0.39, 0.29) is 17.3 Å². The number of amides is 1. The summed E-state index contributed by atoms with van der Waals surface area (Å²) < 4.78 is 23.4. The van der Waals surface area contributed by atoms with E-state index in [1.165, 1.54) is 12.1 Å². The van der Waals surface area contributed by atoms with Crippen LogP contribution in [0.15, 0.2) is 35.2 Å². The lowest BCUT2D eigenvalue weighted by Crippen LogP contribution is -2.31. The SMILES string of the molecule is O=C(CS(=O)(=O)c1ccccc1)NCCCl. The third-order valence-electron chi connectivity index (χ3n) is 1.84. The van der Waals surface area contributed by atoms with Crippen LogP contribution in [0.4, 0.5) is 0 Å². The molecular formula is C10H12ClNO3S. The second kappa shape index (κ2) is 5.86. The van der Waals surface area contributed by atoms with Gasteiger partial charge in [-0.3, -0.25) is 4.79 Å². The van der Waals surface area contributed by atoms with Gasteiger partial charge in [-0.05, 0) is 12.1 Å². The summed E-state index contributed by atoms with van der Waals surface area (Å²) in [6, 6.07) is 7.87. The van der Waals surface area contributed by atoms with Gasteiger partial charge < -0.3 is 5.32 Å². The van der Waals surface area contributed by atoms with Gasteiger partial charge in [0.05, 0.1) is 4.90 Å². The molecule has 0 bridgehead atoms. The maximum Gasteiger partial charge on any atom is 0.235 e. The van der Waals surface area contributed by atoms with Gasteiger partial charge in [0.15, 0.2) is 9.84 Å². The molecule has 0 saturated heterocycles. The molecule has 0 aliphatic carbocycles. The Balaban J connectivity index is 2.70. The summed E-state index contributed by atoms with van der Waals surface area (Å²) in [5.41, 5.74) is 0. The van der Waals surface area contributed by atoms with Gasteiger partial charge >= 0.3 is 0 Å². The van der Waals surface area contributed by atoms with Gasteiger partial charge in [0.25, 0.3) is 0 Å². The molecule has 1 aromatic carbocycles. The summed E-state index contributed by atoms with van der Waals surface area (Å²) in [4.78, 5) is 11.4.